The molecule has 45 nitrogen and oxygen atoms in total. The van der Waals surface area contributed by atoms with E-state index in [-0.39, 0.29) is 121 Å². The number of unbranched alkanes of at least 4 members (excludes halogenated alkanes) is 4. The number of carbonyl (C=O) groups excluding carboxylic acids is 5. The van der Waals surface area contributed by atoms with Crippen molar-refractivity contribution in [2.75, 3.05) is 66.1 Å². The standard InChI is InChI=1S/C15H20N2O7.C13H24N2O7.C11H20N2O8.C11H20N2O7.C10H18N2O6/c1-3-10(2)13(14(18)19)16-15(20)24-12-6-4-5-11(9-12)7-8-23-17(21)22;1-3-10(2)11(12(16)17)14-13(18)21-8-6-4-5-7-9-22-15(19)20;1-3-8(2)9(10(14)15)12-11(16)20-6-4-19-5-7-21-13(17)18;1-3-8(2)9(10(14)15)12-11(16)19-6-4-5-7-20-13(17)18;1-3-7(2)9(10(14)15)11-8(13)5-4-6-18-12(16)17/h4-6,9-10,13H,3,7-8H2,1-2H3,(H,16,20)(H,18,19);10-11H,3-9H2,1-2H3,(H,14,18)(H,16,17);8-9H,3-7H2,1-2H3,(H,12,16)(H,14,15);8-9H,3-7H2,1-2H3,(H,12,16)(H,14,15);7,9H,3-6H2,1-2H3,(H,11,13)(H,14,15). The van der Waals surface area contributed by atoms with Crippen LogP contribution < -0.4 is 31.3 Å². The van der Waals surface area contributed by atoms with Crippen LogP contribution in [-0.4, -0.2) is 207 Å². The SMILES string of the molecule is CCC(C)C(NC(=O)CCCO[N+](=O)[O-])C(=O)O.CCC(C)C(NC(=O)OCCCCCCO[N+](=O)[O-])C(=O)O.CCC(C)C(NC(=O)OCCCCO[N+](=O)[O-])C(=O)O.CCC(C)C(NC(=O)OCCOCCO[N+](=O)[O-])C(=O)O.CCC(C)C(NC(=O)Oc1cccc(CCO[N+](=O)[O-])c1)C(=O)O. The van der Waals surface area contributed by atoms with Crippen molar-refractivity contribution in [2.24, 2.45) is 29.6 Å². The lowest BCUT2D eigenvalue weighted by molar-refractivity contribution is -0.758. The lowest BCUT2D eigenvalue weighted by Gasteiger charge is -2.19. The van der Waals surface area contributed by atoms with Crippen molar-refractivity contribution in [1.29, 1.82) is 0 Å². The molecule has 0 bridgehead atoms. The fraction of sp³-hybridized carbons (Fsp3) is 0.733. The maximum Gasteiger partial charge on any atom is 0.413 e. The highest BCUT2D eigenvalue weighted by molar-refractivity contribution is 5.84. The molecule has 10 unspecified atom stereocenters. The van der Waals surface area contributed by atoms with Crippen LogP contribution in [0, 0.1) is 80.2 Å². The van der Waals surface area contributed by atoms with Gasteiger partial charge in [-0.05, 0) is 92.2 Å². The molecule has 1 aromatic rings. The highest BCUT2D eigenvalue weighted by Gasteiger charge is 2.30. The Hall–Kier alpha value is -10.9. The molecule has 5 amide bonds. The lowest BCUT2D eigenvalue weighted by Crippen LogP contribution is -2.46. The van der Waals surface area contributed by atoms with Crippen molar-refractivity contribution in [3.63, 3.8) is 0 Å². The molecule has 0 aliphatic rings. The smallest absolute Gasteiger partial charge is 0.413 e. The third-order valence-corrected chi connectivity index (χ3v) is 14.6. The minimum atomic E-state index is -1.13. The van der Waals surface area contributed by atoms with E-state index in [1.54, 1.807) is 46.8 Å². The van der Waals surface area contributed by atoms with Gasteiger partial charge in [-0.25, -0.2) is 43.2 Å². The van der Waals surface area contributed by atoms with Crippen LogP contribution in [0.3, 0.4) is 0 Å². The first-order chi connectivity index (χ1) is 49.3. The van der Waals surface area contributed by atoms with Crippen molar-refractivity contribution >= 4 is 60.1 Å². The number of carboxylic acid groups (broad SMARTS) is 5. The van der Waals surface area contributed by atoms with Crippen LogP contribution in [0.1, 0.15) is 158 Å². The number of alkyl carbamates (subject to hydrolysis) is 3. The second-order valence-electron chi connectivity index (χ2n) is 22.5. The average molecular weight is 1520 g/mol. The van der Waals surface area contributed by atoms with Gasteiger partial charge in [0.2, 0.25) is 5.91 Å². The molecule has 0 spiro atoms. The highest BCUT2D eigenvalue weighted by atomic mass is 17.0. The molecule has 105 heavy (non-hydrogen) atoms. The van der Waals surface area contributed by atoms with Crippen LogP contribution in [0.15, 0.2) is 24.3 Å². The van der Waals surface area contributed by atoms with Crippen LogP contribution >= 0.6 is 0 Å². The summed E-state index contributed by atoms with van der Waals surface area (Å²) in [5.74, 6) is -6.85. The number of ether oxygens (including phenoxy) is 5. The number of benzene rings is 1. The van der Waals surface area contributed by atoms with Gasteiger partial charge in [-0.2, -0.15) is 0 Å². The van der Waals surface area contributed by atoms with Gasteiger partial charge >= 0.3 is 54.2 Å². The number of amides is 5. The maximum absolute atomic E-state index is 11.9. The molecule has 0 aliphatic heterocycles. The van der Waals surface area contributed by atoms with Crippen LogP contribution in [0.25, 0.3) is 0 Å². The summed E-state index contributed by atoms with van der Waals surface area (Å²) < 4.78 is 24.4. The molecule has 0 heterocycles. The van der Waals surface area contributed by atoms with Crippen LogP contribution in [0.4, 0.5) is 19.2 Å². The quantitative estimate of drug-likeness (QED) is 0.0149. The Balaban J connectivity index is -0.000000609. The third-order valence-electron chi connectivity index (χ3n) is 14.6. The molecule has 0 saturated heterocycles. The zero-order valence-corrected chi connectivity index (χ0v) is 60.3. The normalized spacial score (nSPS) is 13.0. The monoisotopic (exact) mass is 1520 g/mol. The summed E-state index contributed by atoms with van der Waals surface area (Å²) in [7, 11) is 0. The minimum Gasteiger partial charge on any atom is -0.480 e. The molecule has 10 atom stereocenters. The van der Waals surface area contributed by atoms with E-state index in [0.29, 0.717) is 63.4 Å². The van der Waals surface area contributed by atoms with Gasteiger partial charge < -0.3 is 100.0 Å². The van der Waals surface area contributed by atoms with E-state index in [9.17, 15) is 98.5 Å². The van der Waals surface area contributed by atoms with Crippen molar-refractivity contribution in [1.82, 2.24) is 26.6 Å². The molecule has 10 N–H and O–H groups in total. The Kier molecular flexibility index (Phi) is 59.0. The Morgan fingerprint density at radius 3 is 1.03 bits per heavy atom. The molecule has 1 rings (SSSR count). The second-order valence-corrected chi connectivity index (χ2v) is 22.5. The predicted octanol–water partition coefficient (Wildman–Crippen LogP) is 6.23. The first-order valence-electron chi connectivity index (χ1n) is 33.1. The van der Waals surface area contributed by atoms with E-state index in [0.717, 1.165) is 12.8 Å². The number of nitrogens with one attached hydrogen (secondary N) is 5. The number of hydrogen-bond acceptors (Lipinski definition) is 30. The lowest BCUT2D eigenvalue weighted by atomic mass is 9.99. The zero-order valence-electron chi connectivity index (χ0n) is 60.3. The molecule has 0 radical (unpaired) electrons. The number of hydrogen-bond donors (Lipinski definition) is 10. The van der Waals surface area contributed by atoms with E-state index in [2.05, 4.69) is 50.8 Å². The maximum atomic E-state index is 11.9. The number of carbonyl (C=O) groups is 10. The van der Waals surface area contributed by atoms with E-state index >= 15 is 0 Å². The molecular formula is C60H102N10O35. The minimum absolute atomic E-state index is 0.00590. The number of rotatable bonds is 51. The second kappa shape index (κ2) is 61.7. The first kappa shape index (κ1) is 100. The molecule has 0 fully saturated rings. The molecule has 0 aromatic heterocycles. The summed E-state index contributed by atoms with van der Waals surface area (Å²) in [5.41, 5.74) is 0.680. The topological polar surface area (TPSA) is 640 Å². The van der Waals surface area contributed by atoms with Gasteiger partial charge in [0.25, 0.3) is 25.4 Å². The van der Waals surface area contributed by atoms with E-state index < -0.39 is 116 Å². The number of aliphatic carboxylic acids is 5. The van der Waals surface area contributed by atoms with Gasteiger partial charge in [0.05, 0.1) is 46.2 Å². The van der Waals surface area contributed by atoms with Gasteiger partial charge in [0.15, 0.2) is 0 Å². The van der Waals surface area contributed by atoms with Crippen molar-refractivity contribution in [3.8, 4) is 5.75 Å². The average Bonchev–Trinajstić information content (AvgIpc) is 0.892. The van der Waals surface area contributed by atoms with Crippen LogP contribution in [0.2, 0.25) is 0 Å². The van der Waals surface area contributed by atoms with Gasteiger partial charge in [-0.3, -0.25) is 4.79 Å². The Morgan fingerprint density at radius 1 is 0.371 bits per heavy atom. The Bertz CT molecular complexity index is 2770. The first-order valence-corrected chi connectivity index (χ1v) is 33.1. The van der Waals surface area contributed by atoms with Gasteiger partial charge in [0.1, 0.15) is 55.8 Å². The van der Waals surface area contributed by atoms with Gasteiger partial charge in [-0.1, -0.05) is 120 Å². The summed E-state index contributed by atoms with van der Waals surface area (Å²) >= 11 is 0. The molecule has 1 aromatic carbocycles. The van der Waals surface area contributed by atoms with Gasteiger partial charge in [-0.15, -0.1) is 50.6 Å². The van der Waals surface area contributed by atoms with Gasteiger partial charge in [0, 0.05) is 6.42 Å². The zero-order chi connectivity index (χ0) is 81.0. The van der Waals surface area contributed by atoms with Crippen LogP contribution in [0.5, 0.6) is 5.75 Å². The summed E-state index contributed by atoms with van der Waals surface area (Å²) in [6.07, 6.45) is 3.57. The van der Waals surface area contributed by atoms with Crippen molar-refractivity contribution in [2.45, 2.75) is 189 Å². The molecule has 45 heteroatoms. The predicted molar refractivity (Wildman–Crippen MR) is 358 cm³/mol. The van der Waals surface area contributed by atoms with E-state index in [1.807, 2.05) is 34.6 Å². The molecule has 602 valence electrons. The van der Waals surface area contributed by atoms with Crippen LogP contribution in [-0.2, 0) is 78.3 Å². The van der Waals surface area contributed by atoms with E-state index in [4.69, 9.17) is 49.2 Å². The Morgan fingerprint density at radius 2 is 0.667 bits per heavy atom. The Labute approximate surface area is 603 Å². The van der Waals surface area contributed by atoms with E-state index in [1.165, 1.54) is 12.1 Å². The number of carboxylic acids is 5. The third kappa shape index (κ3) is 57.3. The summed E-state index contributed by atoms with van der Waals surface area (Å²) in [6, 6.07) is 1.43. The highest BCUT2D eigenvalue weighted by Crippen LogP contribution is 2.17. The number of nitrogens with zero attached hydrogens (tertiary/aromatic N) is 5. The fourth-order valence-electron chi connectivity index (χ4n) is 7.64. The molecule has 0 saturated carbocycles. The largest absolute Gasteiger partial charge is 0.480 e. The van der Waals surface area contributed by atoms with Crippen molar-refractivity contribution in [3.05, 3.63) is 80.4 Å². The summed E-state index contributed by atoms with van der Waals surface area (Å²) in [5, 5.41) is 102. The van der Waals surface area contributed by atoms with Crippen molar-refractivity contribution < 1.29 is 147 Å². The summed E-state index contributed by atoms with van der Waals surface area (Å²) in [4.78, 5) is 183. The molecular weight excluding hydrogens is 1420 g/mol. The summed E-state index contributed by atoms with van der Waals surface area (Å²) in [6.45, 7) is 17.4. The fourth-order valence-corrected chi connectivity index (χ4v) is 7.64. The molecule has 0 aliphatic carbocycles.